The maximum atomic E-state index is 11.7. The van der Waals surface area contributed by atoms with Gasteiger partial charge < -0.3 is 4.74 Å². The van der Waals surface area contributed by atoms with Crippen LogP contribution in [0.5, 0.6) is 0 Å². The normalized spacial score (nSPS) is 12.8. The molecular weight excluding hydrogens is 315 g/mol. The van der Waals surface area contributed by atoms with Crippen LogP contribution in [0.1, 0.15) is 78.6 Å². The molecule has 7 heteroatoms. The Balaban J connectivity index is 0. The molecule has 0 heterocycles. The Hall–Kier alpha value is 0.380. The number of carbonyl (C=O) groups excluding carboxylic acids is 1. The van der Waals surface area contributed by atoms with Crippen molar-refractivity contribution >= 4 is 16.1 Å². The van der Waals surface area contributed by atoms with Gasteiger partial charge in [-0.3, -0.25) is 9.35 Å². The first-order valence-corrected chi connectivity index (χ1v) is 9.46. The van der Waals surface area contributed by atoms with E-state index in [0.29, 0.717) is 6.42 Å². The molecule has 0 aliphatic rings. The van der Waals surface area contributed by atoms with E-state index < -0.39 is 21.3 Å². The van der Waals surface area contributed by atoms with Crippen molar-refractivity contribution in [3.63, 3.8) is 0 Å². The Morgan fingerprint density at radius 2 is 1.45 bits per heavy atom. The Labute approximate surface area is 157 Å². The van der Waals surface area contributed by atoms with Gasteiger partial charge in [0.1, 0.15) is 0 Å². The van der Waals surface area contributed by atoms with Crippen molar-refractivity contribution in [1.29, 1.82) is 0 Å². The quantitative estimate of drug-likeness (QED) is 0.244. The summed E-state index contributed by atoms with van der Waals surface area (Å²) >= 11 is 0. The topological polar surface area (TPSA) is 80.7 Å². The first-order chi connectivity index (χ1) is 9.79. The second-order valence-corrected chi connectivity index (χ2v) is 7.35. The average molecular weight is 345 g/mol. The van der Waals surface area contributed by atoms with E-state index in [4.69, 9.17) is 9.29 Å². The molecule has 0 rings (SSSR count). The summed E-state index contributed by atoms with van der Waals surface area (Å²) in [5.41, 5.74) is 0. The monoisotopic (exact) mass is 345 g/mol. The van der Waals surface area contributed by atoms with E-state index in [1.54, 1.807) is 13.8 Å². The van der Waals surface area contributed by atoms with Crippen LogP contribution >= 0.6 is 0 Å². The van der Waals surface area contributed by atoms with Crippen molar-refractivity contribution in [1.82, 2.24) is 0 Å². The molecule has 0 radical (unpaired) electrons. The Bertz CT molecular complexity index is 381. The van der Waals surface area contributed by atoms with Crippen LogP contribution in [0.25, 0.3) is 0 Å². The molecule has 0 spiro atoms. The maximum absolute atomic E-state index is 11.7. The molecule has 1 N–H and O–H groups in total. The van der Waals surface area contributed by atoms with Gasteiger partial charge in [-0.1, -0.05) is 58.3 Å². The van der Waals surface area contributed by atoms with Gasteiger partial charge in [-0.2, -0.15) is 8.42 Å². The third kappa shape index (κ3) is 12.9. The summed E-state index contributed by atoms with van der Waals surface area (Å²) in [6.07, 6.45) is 8.28. The van der Waals surface area contributed by atoms with Crippen molar-refractivity contribution in [2.24, 2.45) is 0 Å². The van der Waals surface area contributed by atoms with E-state index in [-0.39, 0.29) is 42.1 Å². The number of esters is 1. The third-order valence-corrected chi connectivity index (χ3v) is 4.44. The van der Waals surface area contributed by atoms with Crippen molar-refractivity contribution in [3.8, 4) is 0 Å². The molecule has 0 aromatic heterocycles. The van der Waals surface area contributed by atoms with E-state index in [9.17, 15) is 13.2 Å². The first-order valence-electron chi connectivity index (χ1n) is 7.95. The second-order valence-electron chi connectivity index (χ2n) is 5.75. The molecule has 22 heavy (non-hydrogen) atoms. The number of rotatable bonds is 12. The summed E-state index contributed by atoms with van der Waals surface area (Å²) < 4.78 is 36.5. The van der Waals surface area contributed by atoms with Gasteiger partial charge in [-0.15, -0.1) is 0 Å². The maximum Gasteiger partial charge on any atom is 1.00 e. The molecule has 0 aliphatic carbocycles. The molecule has 0 saturated carbocycles. The summed E-state index contributed by atoms with van der Waals surface area (Å²) in [5.74, 6) is -0.851. The Kier molecular flexibility index (Phi) is 15.4. The average Bonchev–Trinajstić information content (AvgIpc) is 2.34. The van der Waals surface area contributed by atoms with Crippen LogP contribution in [0, 0.1) is 0 Å². The third-order valence-electron chi connectivity index (χ3n) is 3.29. The molecule has 1 unspecified atom stereocenters. The zero-order valence-electron chi connectivity index (χ0n) is 14.5. The molecule has 0 aromatic rings. The Morgan fingerprint density at radius 3 is 1.86 bits per heavy atom. The van der Waals surface area contributed by atoms with Gasteiger partial charge >= 0.3 is 35.5 Å². The minimum Gasteiger partial charge on any atom is -0.462 e. The van der Waals surface area contributed by atoms with E-state index >= 15 is 0 Å². The van der Waals surface area contributed by atoms with Crippen LogP contribution < -0.4 is 29.6 Å². The molecule has 5 nitrogen and oxygen atoms in total. The van der Waals surface area contributed by atoms with Gasteiger partial charge in [0.15, 0.2) is 5.25 Å². The summed E-state index contributed by atoms with van der Waals surface area (Å²) in [6.45, 7) is 5.47. The van der Waals surface area contributed by atoms with E-state index in [1.165, 1.54) is 25.7 Å². The van der Waals surface area contributed by atoms with E-state index in [2.05, 4.69) is 6.92 Å². The van der Waals surface area contributed by atoms with Crippen molar-refractivity contribution in [2.75, 3.05) is 0 Å². The number of unbranched alkanes of at least 4 members (excludes halogenated alkanes) is 7. The molecule has 0 aromatic carbocycles. The summed E-state index contributed by atoms with van der Waals surface area (Å²) in [5, 5.41) is -1.44. The predicted octanol–water partition coefficient (Wildman–Crippen LogP) is 0.729. The number of carbonyl (C=O) groups is 1. The van der Waals surface area contributed by atoms with Gasteiger partial charge in [0.2, 0.25) is 0 Å². The number of hydrogen-bond donors (Lipinski definition) is 1. The van der Waals surface area contributed by atoms with Gasteiger partial charge in [-0.25, -0.2) is 0 Å². The summed E-state index contributed by atoms with van der Waals surface area (Å²) in [6, 6.07) is 0. The molecule has 0 fully saturated rings. The van der Waals surface area contributed by atoms with E-state index in [1.807, 2.05) is 0 Å². The fraction of sp³-hybridized carbons (Fsp3) is 0.933. The largest absolute Gasteiger partial charge is 1.00 e. The van der Waals surface area contributed by atoms with Crippen molar-refractivity contribution in [3.05, 3.63) is 0 Å². The van der Waals surface area contributed by atoms with Crippen LogP contribution in [-0.2, 0) is 19.6 Å². The molecule has 126 valence electrons. The fourth-order valence-electron chi connectivity index (χ4n) is 2.16. The fourth-order valence-corrected chi connectivity index (χ4v) is 2.92. The zero-order chi connectivity index (χ0) is 16.3. The molecule has 0 aliphatic heterocycles. The standard InChI is InChI=1S/C15H30O5S.Na/c1-4-5-6-7-8-9-10-11-12-14(21(17,18)19)15(16)20-13(2)3;/h13-14H,4-12H2,1-3H3,(H,17,18,19);/q;+1. The summed E-state index contributed by atoms with van der Waals surface area (Å²) in [7, 11) is -4.39. The SMILES string of the molecule is CCCCCCCCCCC(C(=O)OC(C)C)S(=O)(=O)O.[Na+]. The van der Waals surface area contributed by atoms with Gasteiger partial charge in [0, 0.05) is 0 Å². The van der Waals surface area contributed by atoms with Crippen LogP contribution in [0.3, 0.4) is 0 Å². The van der Waals surface area contributed by atoms with Gasteiger partial charge in [-0.05, 0) is 20.3 Å². The molecule has 0 amide bonds. The molecule has 1 atom stereocenters. The first kappa shape index (κ1) is 24.6. The molecule has 0 saturated heterocycles. The van der Waals surface area contributed by atoms with Gasteiger partial charge in [0.05, 0.1) is 6.10 Å². The predicted molar refractivity (Wildman–Crippen MR) is 83.8 cm³/mol. The molecule has 0 bridgehead atoms. The van der Waals surface area contributed by atoms with Gasteiger partial charge in [0.25, 0.3) is 10.1 Å². The smallest absolute Gasteiger partial charge is 0.462 e. The molecular formula is C15H30NaO5S+. The van der Waals surface area contributed by atoms with E-state index in [0.717, 1.165) is 19.3 Å². The number of ether oxygens (including phenoxy) is 1. The van der Waals surface area contributed by atoms with Crippen LogP contribution in [-0.4, -0.2) is 30.3 Å². The Morgan fingerprint density at radius 1 is 1.00 bits per heavy atom. The minimum atomic E-state index is -4.39. The zero-order valence-corrected chi connectivity index (χ0v) is 17.3. The van der Waals surface area contributed by atoms with Crippen molar-refractivity contribution in [2.45, 2.75) is 89.9 Å². The van der Waals surface area contributed by atoms with Crippen LogP contribution in [0.15, 0.2) is 0 Å². The second kappa shape index (κ2) is 13.8. The minimum absolute atomic E-state index is 0. The van der Waals surface area contributed by atoms with Crippen LogP contribution in [0.2, 0.25) is 0 Å². The summed E-state index contributed by atoms with van der Waals surface area (Å²) in [4.78, 5) is 11.7. The van der Waals surface area contributed by atoms with Crippen molar-refractivity contribution < 1.29 is 52.1 Å². The number of hydrogen-bond acceptors (Lipinski definition) is 4. The van der Waals surface area contributed by atoms with Crippen LogP contribution in [0.4, 0.5) is 0 Å².